The Bertz CT molecular complexity index is 331. The quantitative estimate of drug-likeness (QED) is 0.783. The molecule has 2 heterocycles. The molecule has 17 heavy (non-hydrogen) atoms. The number of hydrogen-bond acceptors (Lipinski definition) is 4. The third kappa shape index (κ3) is 3.41. The van der Waals surface area contributed by atoms with E-state index in [9.17, 15) is 0 Å². The van der Waals surface area contributed by atoms with Gasteiger partial charge in [-0.25, -0.2) is 4.98 Å². The lowest BCUT2D eigenvalue weighted by Crippen LogP contribution is -2.47. The summed E-state index contributed by atoms with van der Waals surface area (Å²) in [5.74, 6) is 1.10. The highest BCUT2D eigenvalue weighted by atomic mass is 16.5. The molecule has 1 aliphatic rings. The molecule has 0 unspecified atom stereocenters. The second-order valence-electron chi connectivity index (χ2n) is 4.52. The van der Waals surface area contributed by atoms with Crippen LogP contribution in [0.5, 0.6) is 0 Å². The van der Waals surface area contributed by atoms with Gasteiger partial charge in [-0.3, -0.25) is 4.90 Å². The van der Waals surface area contributed by atoms with Crippen LogP contribution in [0, 0.1) is 6.92 Å². The Kier molecular flexibility index (Phi) is 4.34. The van der Waals surface area contributed by atoms with Crippen molar-refractivity contribution in [1.82, 2.24) is 9.88 Å². The topological polar surface area (TPSA) is 28.6 Å². The van der Waals surface area contributed by atoms with Crippen LogP contribution in [0.2, 0.25) is 0 Å². The molecule has 1 aromatic heterocycles. The summed E-state index contributed by atoms with van der Waals surface area (Å²) >= 11 is 0. The van der Waals surface area contributed by atoms with Crippen LogP contribution in [-0.2, 0) is 4.74 Å². The van der Waals surface area contributed by atoms with Gasteiger partial charge in [0.15, 0.2) is 0 Å². The molecule has 4 nitrogen and oxygen atoms in total. The molecule has 0 N–H and O–H groups in total. The lowest BCUT2D eigenvalue weighted by atomic mass is 10.2. The average Bonchev–Trinajstić information content (AvgIpc) is 2.38. The molecular weight excluding hydrogens is 214 g/mol. The van der Waals surface area contributed by atoms with Crippen LogP contribution in [0.1, 0.15) is 5.56 Å². The molecule has 0 saturated carbocycles. The summed E-state index contributed by atoms with van der Waals surface area (Å²) < 4.78 is 5.10. The van der Waals surface area contributed by atoms with Gasteiger partial charge in [-0.05, 0) is 18.6 Å². The molecule has 0 atom stereocenters. The van der Waals surface area contributed by atoms with Crippen molar-refractivity contribution in [3.05, 3.63) is 23.9 Å². The summed E-state index contributed by atoms with van der Waals surface area (Å²) in [6.45, 7) is 8.23. The fraction of sp³-hybridized carbons (Fsp3) is 0.615. The third-order valence-corrected chi connectivity index (χ3v) is 3.20. The van der Waals surface area contributed by atoms with Gasteiger partial charge in [0.2, 0.25) is 0 Å². The molecule has 2 rings (SSSR count). The number of piperazine rings is 1. The third-order valence-electron chi connectivity index (χ3n) is 3.20. The first kappa shape index (κ1) is 12.3. The predicted octanol–water partition coefficient (Wildman–Crippen LogP) is 1.16. The standard InChI is InChI=1S/C13H21N3O/c1-12-3-4-13(14-11-12)16-7-5-15(6-8-16)9-10-17-2/h3-4,11H,5-10H2,1-2H3. The lowest BCUT2D eigenvalue weighted by Gasteiger charge is -2.35. The first-order valence-electron chi connectivity index (χ1n) is 6.18. The Morgan fingerprint density at radius 3 is 2.59 bits per heavy atom. The van der Waals surface area contributed by atoms with Crippen LogP contribution in [0.25, 0.3) is 0 Å². The van der Waals surface area contributed by atoms with Crippen molar-refractivity contribution >= 4 is 5.82 Å². The normalized spacial score (nSPS) is 17.4. The van der Waals surface area contributed by atoms with E-state index in [0.29, 0.717) is 0 Å². The van der Waals surface area contributed by atoms with E-state index in [-0.39, 0.29) is 0 Å². The molecule has 1 aliphatic heterocycles. The van der Waals surface area contributed by atoms with Crippen LogP contribution in [0.3, 0.4) is 0 Å². The molecule has 0 amide bonds. The van der Waals surface area contributed by atoms with E-state index in [2.05, 4.69) is 33.8 Å². The van der Waals surface area contributed by atoms with Gasteiger partial charge in [-0.2, -0.15) is 0 Å². The number of aryl methyl sites for hydroxylation is 1. The van der Waals surface area contributed by atoms with Gasteiger partial charge in [-0.1, -0.05) is 6.07 Å². The second-order valence-corrected chi connectivity index (χ2v) is 4.52. The number of hydrogen-bond donors (Lipinski definition) is 0. The largest absolute Gasteiger partial charge is 0.383 e. The summed E-state index contributed by atoms with van der Waals surface area (Å²) in [6.07, 6.45) is 1.94. The Hall–Kier alpha value is -1.13. The van der Waals surface area contributed by atoms with E-state index in [1.807, 2.05) is 6.20 Å². The highest BCUT2D eigenvalue weighted by Gasteiger charge is 2.17. The zero-order valence-electron chi connectivity index (χ0n) is 10.7. The highest BCUT2D eigenvalue weighted by molar-refractivity contribution is 5.39. The van der Waals surface area contributed by atoms with E-state index in [0.717, 1.165) is 45.1 Å². The monoisotopic (exact) mass is 235 g/mol. The van der Waals surface area contributed by atoms with Crippen molar-refractivity contribution in [1.29, 1.82) is 0 Å². The molecule has 0 radical (unpaired) electrons. The maximum atomic E-state index is 5.10. The van der Waals surface area contributed by atoms with Crippen molar-refractivity contribution in [3.8, 4) is 0 Å². The lowest BCUT2D eigenvalue weighted by molar-refractivity contribution is 0.144. The molecule has 4 heteroatoms. The zero-order valence-corrected chi connectivity index (χ0v) is 10.7. The minimum atomic E-state index is 0.822. The number of nitrogens with zero attached hydrogens (tertiary/aromatic N) is 3. The SMILES string of the molecule is COCCN1CCN(c2ccc(C)cn2)CC1. The van der Waals surface area contributed by atoms with Crippen molar-refractivity contribution < 1.29 is 4.74 Å². The molecule has 1 aromatic rings. The zero-order chi connectivity index (χ0) is 12.1. The van der Waals surface area contributed by atoms with Crippen LogP contribution >= 0.6 is 0 Å². The molecule has 1 fully saturated rings. The smallest absolute Gasteiger partial charge is 0.128 e. The minimum absolute atomic E-state index is 0.822. The molecule has 1 saturated heterocycles. The highest BCUT2D eigenvalue weighted by Crippen LogP contribution is 2.13. The number of aromatic nitrogens is 1. The van der Waals surface area contributed by atoms with E-state index >= 15 is 0 Å². The average molecular weight is 235 g/mol. The van der Waals surface area contributed by atoms with Crippen molar-refractivity contribution in [2.45, 2.75) is 6.92 Å². The van der Waals surface area contributed by atoms with E-state index in [1.165, 1.54) is 5.56 Å². The number of rotatable bonds is 4. The van der Waals surface area contributed by atoms with Crippen molar-refractivity contribution in [3.63, 3.8) is 0 Å². The van der Waals surface area contributed by atoms with E-state index < -0.39 is 0 Å². The minimum Gasteiger partial charge on any atom is -0.383 e. The van der Waals surface area contributed by atoms with Crippen LogP contribution in [-0.4, -0.2) is 56.3 Å². The molecule has 0 spiro atoms. The Morgan fingerprint density at radius 1 is 1.24 bits per heavy atom. The fourth-order valence-electron chi connectivity index (χ4n) is 2.07. The summed E-state index contributed by atoms with van der Waals surface area (Å²) in [4.78, 5) is 9.26. The summed E-state index contributed by atoms with van der Waals surface area (Å²) in [5.41, 5.74) is 1.22. The maximum absolute atomic E-state index is 5.10. The van der Waals surface area contributed by atoms with E-state index in [4.69, 9.17) is 4.74 Å². The predicted molar refractivity (Wildman–Crippen MR) is 69.5 cm³/mol. The van der Waals surface area contributed by atoms with Crippen LogP contribution in [0.4, 0.5) is 5.82 Å². The maximum Gasteiger partial charge on any atom is 0.128 e. The summed E-state index contributed by atoms with van der Waals surface area (Å²) in [5, 5.41) is 0. The molecule has 0 aromatic carbocycles. The molecule has 94 valence electrons. The number of ether oxygens (including phenoxy) is 1. The first-order chi connectivity index (χ1) is 8.29. The Labute approximate surface area is 103 Å². The van der Waals surface area contributed by atoms with Crippen LogP contribution < -0.4 is 4.90 Å². The van der Waals surface area contributed by atoms with Crippen molar-refractivity contribution in [2.75, 3.05) is 51.3 Å². The van der Waals surface area contributed by atoms with Crippen molar-refractivity contribution in [2.24, 2.45) is 0 Å². The number of anilines is 1. The second kappa shape index (κ2) is 5.98. The van der Waals surface area contributed by atoms with Gasteiger partial charge in [0.05, 0.1) is 6.61 Å². The number of methoxy groups -OCH3 is 1. The summed E-state index contributed by atoms with van der Waals surface area (Å²) in [6, 6.07) is 4.24. The fourth-order valence-corrected chi connectivity index (χ4v) is 2.07. The van der Waals surface area contributed by atoms with Gasteiger partial charge in [-0.15, -0.1) is 0 Å². The first-order valence-corrected chi connectivity index (χ1v) is 6.18. The number of pyridine rings is 1. The summed E-state index contributed by atoms with van der Waals surface area (Å²) in [7, 11) is 1.76. The van der Waals surface area contributed by atoms with Crippen LogP contribution in [0.15, 0.2) is 18.3 Å². The molecular formula is C13H21N3O. The Morgan fingerprint density at radius 2 is 2.00 bits per heavy atom. The van der Waals surface area contributed by atoms with E-state index in [1.54, 1.807) is 7.11 Å². The van der Waals surface area contributed by atoms with Gasteiger partial charge in [0.1, 0.15) is 5.82 Å². The molecule has 0 aliphatic carbocycles. The van der Waals surface area contributed by atoms with Gasteiger partial charge < -0.3 is 9.64 Å². The van der Waals surface area contributed by atoms with Gasteiger partial charge in [0.25, 0.3) is 0 Å². The Balaban J connectivity index is 1.84. The van der Waals surface area contributed by atoms with Gasteiger partial charge >= 0.3 is 0 Å². The molecule has 0 bridgehead atoms. The van der Waals surface area contributed by atoms with Gasteiger partial charge in [0, 0.05) is 46.0 Å².